The van der Waals surface area contributed by atoms with E-state index in [0.717, 1.165) is 41.7 Å². The van der Waals surface area contributed by atoms with E-state index in [1.165, 1.54) is 0 Å². The molecule has 0 spiro atoms. The van der Waals surface area contributed by atoms with Gasteiger partial charge in [0.1, 0.15) is 0 Å². The molecule has 0 unspecified atom stereocenters. The Kier molecular flexibility index (Phi) is 4.62. The maximum atomic E-state index is 12.6. The van der Waals surface area contributed by atoms with E-state index in [4.69, 9.17) is 0 Å². The third-order valence-electron chi connectivity index (χ3n) is 4.42. The molecular weight excluding hydrogens is 322 g/mol. The van der Waals surface area contributed by atoms with Gasteiger partial charge in [-0.15, -0.1) is 12.6 Å². The van der Waals surface area contributed by atoms with Crippen molar-refractivity contribution in [3.05, 3.63) is 28.2 Å². The number of hydrogen-bond donors (Lipinski definition) is 1. The quantitative estimate of drug-likeness (QED) is 0.808. The van der Waals surface area contributed by atoms with Gasteiger partial charge in [0.15, 0.2) is 0 Å². The van der Waals surface area contributed by atoms with Crippen LogP contribution in [0.15, 0.2) is 27.6 Å². The van der Waals surface area contributed by atoms with Crippen LogP contribution in [0, 0.1) is 5.41 Å². The van der Waals surface area contributed by atoms with Crippen molar-refractivity contribution in [3.63, 3.8) is 0 Å². The van der Waals surface area contributed by atoms with Crippen LogP contribution in [-0.4, -0.2) is 23.9 Å². The van der Waals surface area contributed by atoms with E-state index in [-0.39, 0.29) is 5.91 Å². The zero-order chi connectivity index (χ0) is 14.0. The van der Waals surface area contributed by atoms with Gasteiger partial charge in [0.05, 0.1) is 5.56 Å². The maximum absolute atomic E-state index is 12.6. The molecule has 1 saturated heterocycles. The number of nitrogens with zero attached hydrogens (tertiary/aromatic N) is 1. The highest BCUT2D eigenvalue weighted by Gasteiger charge is 2.37. The van der Waals surface area contributed by atoms with E-state index in [1.807, 2.05) is 23.1 Å². The van der Waals surface area contributed by atoms with Crippen molar-refractivity contribution in [1.29, 1.82) is 0 Å². The minimum absolute atomic E-state index is 0.112. The van der Waals surface area contributed by atoms with Crippen molar-refractivity contribution in [2.24, 2.45) is 5.41 Å². The Morgan fingerprint density at radius 1 is 1.42 bits per heavy atom. The molecule has 0 aromatic heterocycles. The standard InChI is InChI=1S/C15H20BrNOS/c1-3-15(4-2)7-8-17(10-15)14(18)12-6-5-11(16)9-13(12)19/h5-6,9,19H,3-4,7-8,10H2,1-2H3. The van der Waals surface area contributed by atoms with E-state index in [1.54, 1.807) is 0 Å². The van der Waals surface area contributed by atoms with Crippen LogP contribution >= 0.6 is 28.6 Å². The van der Waals surface area contributed by atoms with Crippen LogP contribution in [0.25, 0.3) is 0 Å². The van der Waals surface area contributed by atoms with Crippen LogP contribution in [0.1, 0.15) is 43.5 Å². The van der Waals surface area contributed by atoms with Crippen molar-refractivity contribution in [3.8, 4) is 0 Å². The molecular formula is C15H20BrNOS. The van der Waals surface area contributed by atoms with Gasteiger partial charge >= 0.3 is 0 Å². The molecule has 0 bridgehead atoms. The average molecular weight is 342 g/mol. The lowest BCUT2D eigenvalue weighted by Crippen LogP contribution is -2.32. The van der Waals surface area contributed by atoms with Crippen molar-refractivity contribution < 1.29 is 4.79 Å². The molecule has 2 rings (SSSR count). The molecule has 0 saturated carbocycles. The lowest BCUT2D eigenvalue weighted by Gasteiger charge is -2.26. The molecule has 1 fully saturated rings. The number of hydrogen-bond acceptors (Lipinski definition) is 2. The van der Waals surface area contributed by atoms with Crippen molar-refractivity contribution >= 4 is 34.5 Å². The molecule has 1 aromatic carbocycles. The zero-order valence-electron chi connectivity index (χ0n) is 11.4. The highest BCUT2D eigenvalue weighted by atomic mass is 79.9. The SMILES string of the molecule is CCC1(CC)CCN(C(=O)c2ccc(Br)cc2S)C1. The number of halogens is 1. The predicted molar refractivity (Wildman–Crippen MR) is 84.9 cm³/mol. The first-order chi connectivity index (χ1) is 9.01. The lowest BCUT2D eigenvalue weighted by molar-refractivity contribution is 0.0766. The Labute approximate surface area is 129 Å². The molecule has 2 nitrogen and oxygen atoms in total. The van der Waals surface area contributed by atoms with E-state index in [0.29, 0.717) is 11.0 Å². The van der Waals surface area contributed by atoms with Gasteiger partial charge in [0.2, 0.25) is 0 Å². The topological polar surface area (TPSA) is 20.3 Å². The summed E-state index contributed by atoms with van der Waals surface area (Å²) >= 11 is 7.81. The molecule has 0 aliphatic carbocycles. The number of carbonyl (C=O) groups excluding carboxylic acids is 1. The highest BCUT2D eigenvalue weighted by Crippen LogP contribution is 2.37. The largest absolute Gasteiger partial charge is 0.338 e. The summed E-state index contributed by atoms with van der Waals surface area (Å²) in [6, 6.07) is 5.63. The number of likely N-dealkylation sites (tertiary alicyclic amines) is 1. The minimum atomic E-state index is 0.112. The number of rotatable bonds is 3. The fourth-order valence-electron chi connectivity index (χ4n) is 2.79. The number of benzene rings is 1. The first-order valence-electron chi connectivity index (χ1n) is 6.79. The number of amides is 1. The van der Waals surface area contributed by atoms with Crippen LogP contribution < -0.4 is 0 Å². The summed E-state index contributed by atoms with van der Waals surface area (Å²) in [7, 11) is 0. The van der Waals surface area contributed by atoms with E-state index < -0.39 is 0 Å². The van der Waals surface area contributed by atoms with Gasteiger partial charge in [-0.2, -0.15) is 0 Å². The summed E-state index contributed by atoms with van der Waals surface area (Å²) < 4.78 is 0.951. The molecule has 4 heteroatoms. The van der Waals surface area contributed by atoms with Gasteiger partial charge in [0, 0.05) is 22.5 Å². The predicted octanol–water partition coefficient (Wildman–Crippen LogP) is 4.39. The molecule has 1 aliphatic rings. The average Bonchev–Trinajstić information content (AvgIpc) is 2.83. The first kappa shape index (κ1) is 14.9. The van der Waals surface area contributed by atoms with Gasteiger partial charge in [-0.25, -0.2) is 0 Å². The second-order valence-corrected chi connectivity index (χ2v) is 6.74. The zero-order valence-corrected chi connectivity index (χ0v) is 13.9. The summed E-state index contributed by atoms with van der Waals surface area (Å²) in [6.45, 7) is 6.19. The maximum Gasteiger partial charge on any atom is 0.255 e. The lowest BCUT2D eigenvalue weighted by atomic mass is 9.82. The molecule has 1 aliphatic heterocycles. The Hall–Kier alpha value is -0.480. The van der Waals surface area contributed by atoms with Crippen LogP contribution in [0.5, 0.6) is 0 Å². The van der Waals surface area contributed by atoms with Gasteiger partial charge in [0.25, 0.3) is 5.91 Å². The van der Waals surface area contributed by atoms with Crippen LogP contribution in [0.4, 0.5) is 0 Å². The molecule has 0 atom stereocenters. The van der Waals surface area contributed by atoms with Gasteiger partial charge in [-0.3, -0.25) is 4.79 Å². The normalized spacial score (nSPS) is 17.8. The fourth-order valence-corrected chi connectivity index (χ4v) is 3.64. The Morgan fingerprint density at radius 3 is 2.63 bits per heavy atom. The van der Waals surface area contributed by atoms with E-state index in [9.17, 15) is 4.79 Å². The molecule has 0 N–H and O–H groups in total. The molecule has 19 heavy (non-hydrogen) atoms. The van der Waals surface area contributed by atoms with Gasteiger partial charge in [-0.05, 0) is 42.9 Å². The van der Waals surface area contributed by atoms with Gasteiger partial charge < -0.3 is 4.90 Å². The smallest absolute Gasteiger partial charge is 0.255 e. The van der Waals surface area contributed by atoms with Crippen molar-refractivity contribution in [1.82, 2.24) is 4.90 Å². The third kappa shape index (κ3) is 3.00. The molecule has 1 aromatic rings. The van der Waals surface area contributed by atoms with Gasteiger partial charge in [-0.1, -0.05) is 29.8 Å². The molecule has 0 radical (unpaired) electrons. The first-order valence-corrected chi connectivity index (χ1v) is 8.03. The summed E-state index contributed by atoms with van der Waals surface area (Å²) in [6.07, 6.45) is 3.40. The number of carbonyl (C=O) groups is 1. The Bertz CT molecular complexity index is 485. The molecule has 1 heterocycles. The second kappa shape index (κ2) is 5.88. The van der Waals surface area contributed by atoms with Crippen molar-refractivity contribution in [2.45, 2.75) is 38.0 Å². The van der Waals surface area contributed by atoms with E-state index >= 15 is 0 Å². The fraction of sp³-hybridized carbons (Fsp3) is 0.533. The summed E-state index contributed by atoms with van der Waals surface area (Å²) in [5, 5.41) is 0. The second-order valence-electron chi connectivity index (χ2n) is 5.35. The third-order valence-corrected chi connectivity index (χ3v) is 5.28. The highest BCUT2D eigenvalue weighted by molar-refractivity contribution is 9.10. The Morgan fingerprint density at radius 2 is 2.11 bits per heavy atom. The molecule has 1 amide bonds. The number of thiol groups is 1. The minimum Gasteiger partial charge on any atom is -0.338 e. The van der Waals surface area contributed by atoms with Crippen LogP contribution in [0.2, 0.25) is 0 Å². The van der Waals surface area contributed by atoms with E-state index in [2.05, 4.69) is 42.4 Å². The summed E-state index contributed by atoms with van der Waals surface area (Å²) in [4.78, 5) is 15.3. The van der Waals surface area contributed by atoms with Crippen LogP contribution in [0.3, 0.4) is 0 Å². The van der Waals surface area contributed by atoms with Crippen molar-refractivity contribution in [2.75, 3.05) is 13.1 Å². The summed E-state index contributed by atoms with van der Waals surface area (Å²) in [5.74, 6) is 0.112. The monoisotopic (exact) mass is 341 g/mol. The summed E-state index contributed by atoms with van der Waals surface area (Å²) in [5.41, 5.74) is 1.02. The molecule has 104 valence electrons. The Balaban J connectivity index is 2.17. The van der Waals surface area contributed by atoms with Crippen LogP contribution in [-0.2, 0) is 0 Å².